The van der Waals surface area contributed by atoms with Crippen LogP contribution in [0.1, 0.15) is 22.3 Å². The summed E-state index contributed by atoms with van der Waals surface area (Å²) in [4.78, 5) is 18.1. The van der Waals surface area contributed by atoms with E-state index in [0.29, 0.717) is 0 Å². The quantitative estimate of drug-likeness (QED) is 0.849. The van der Waals surface area contributed by atoms with Gasteiger partial charge in [-0.15, -0.1) is 0 Å². The van der Waals surface area contributed by atoms with Gasteiger partial charge in [0.05, 0.1) is 5.56 Å². The zero-order valence-electron chi connectivity index (χ0n) is 7.89. The molecule has 4 nitrogen and oxygen atoms in total. The molecule has 2 aromatic rings. The van der Waals surface area contributed by atoms with E-state index in [1.165, 1.54) is 12.1 Å². The van der Waals surface area contributed by atoms with Crippen LogP contribution in [0.15, 0.2) is 24.5 Å². The summed E-state index contributed by atoms with van der Waals surface area (Å²) in [6.45, 7) is 0. The standard InChI is InChI=1S/C10H6F2N2O2/c11-8(12)6-1-5-2-7(10(15)16)4-14-9(5)13-3-6/h1-4,8H,(H,15,16). The Kier molecular flexibility index (Phi) is 2.47. The summed E-state index contributed by atoms with van der Waals surface area (Å²) < 4.78 is 24.8. The van der Waals surface area contributed by atoms with Crippen molar-refractivity contribution in [2.75, 3.05) is 0 Å². The van der Waals surface area contributed by atoms with Gasteiger partial charge in [-0.05, 0) is 12.1 Å². The molecule has 0 bridgehead atoms. The maximum Gasteiger partial charge on any atom is 0.337 e. The third-order valence-electron chi connectivity index (χ3n) is 2.05. The van der Waals surface area contributed by atoms with Crippen molar-refractivity contribution in [3.05, 3.63) is 35.7 Å². The molecule has 0 aliphatic rings. The third kappa shape index (κ3) is 1.81. The van der Waals surface area contributed by atoms with E-state index in [4.69, 9.17) is 5.11 Å². The van der Waals surface area contributed by atoms with Gasteiger partial charge in [-0.25, -0.2) is 23.5 Å². The Balaban J connectivity index is 2.61. The highest BCUT2D eigenvalue weighted by atomic mass is 19.3. The average Bonchev–Trinajstić information content (AvgIpc) is 2.27. The molecular formula is C10H6F2N2O2. The van der Waals surface area contributed by atoms with Crippen molar-refractivity contribution in [2.45, 2.75) is 6.43 Å². The minimum absolute atomic E-state index is 0.0549. The lowest BCUT2D eigenvalue weighted by Gasteiger charge is -2.02. The molecule has 0 aliphatic carbocycles. The Hall–Kier alpha value is -2.11. The molecule has 0 atom stereocenters. The van der Waals surface area contributed by atoms with E-state index in [-0.39, 0.29) is 22.2 Å². The molecule has 0 saturated carbocycles. The fraction of sp³-hybridized carbons (Fsp3) is 0.100. The second-order valence-corrected chi connectivity index (χ2v) is 3.15. The average molecular weight is 224 g/mol. The van der Waals surface area contributed by atoms with E-state index in [0.717, 1.165) is 12.4 Å². The van der Waals surface area contributed by atoms with E-state index >= 15 is 0 Å². The van der Waals surface area contributed by atoms with Gasteiger partial charge >= 0.3 is 5.97 Å². The maximum absolute atomic E-state index is 12.4. The summed E-state index contributed by atoms with van der Waals surface area (Å²) in [6.07, 6.45) is -0.467. The predicted molar refractivity (Wildman–Crippen MR) is 51.5 cm³/mol. The number of fused-ring (bicyclic) bond motifs is 1. The van der Waals surface area contributed by atoms with E-state index in [9.17, 15) is 13.6 Å². The van der Waals surface area contributed by atoms with Gasteiger partial charge in [0, 0.05) is 23.3 Å². The molecule has 0 aliphatic heterocycles. The van der Waals surface area contributed by atoms with Gasteiger partial charge in [0.1, 0.15) is 0 Å². The lowest BCUT2D eigenvalue weighted by molar-refractivity contribution is 0.0696. The summed E-state index contributed by atoms with van der Waals surface area (Å²) in [5, 5.41) is 9.00. The molecule has 0 fully saturated rings. The molecule has 0 aromatic carbocycles. The molecule has 1 N–H and O–H groups in total. The van der Waals surface area contributed by atoms with Crippen LogP contribution in [0.4, 0.5) is 8.78 Å². The number of carbonyl (C=O) groups is 1. The molecule has 16 heavy (non-hydrogen) atoms. The Morgan fingerprint density at radius 1 is 1.25 bits per heavy atom. The second-order valence-electron chi connectivity index (χ2n) is 3.15. The predicted octanol–water partition coefficient (Wildman–Crippen LogP) is 2.27. The summed E-state index contributed by atoms with van der Waals surface area (Å²) in [5.41, 5.74) is -0.0630. The topological polar surface area (TPSA) is 63.1 Å². The fourth-order valence-corrected chi connectivity index (χ4v) is 1.28. The number of halogens is 2. The van der Waals surface area contributed by atoms with Crippen LogP contribution in [-0.2, 0) is 0 Å². The number of rotatable bonds is 2. The molecule has 2 heterocycles. The monoisotopic (exact) mass is 224 g/mol. The minimum atomic E-state index is -2.63. The van der Waals surface area contributed by atoms with Crippen molar-refractivity contribution < 1.29 is 18.7 Å². The number of aromatic nitrogens is 2. The number of carboxylic acids is 1. The van der Waals surface area contributed by atoms with Gasteiger partial charge in [-0.3, -0.25) is 0 Å². The molecule has 0 unspecified atom stereocenters. The highest BCUT2D eigenvalue weighted by Gasteiger charge is 2.10. The van der Waals surface area contributed by atoms with Crippen LogP contribution < -0.4 is 0 Å². The van der Waals surface area contributed by atoms with Crippen LogP contribution in [-0.4, -0.2) is 21.0 Å². The van der Waals surface area contributed by atoms with Crippen LogP contribution in [0.2, 0.25) is 0 Å². The van der Waals surface area contributed by atoms with Crippen LogP contribution in [0.5, 0.6) is 0 Å². The highest BCUT2D eigenvalue weighted by molar-refractivity contribution is 5.91. The number of pyridine rings is 2. The Morgan fingerprint density at radius 2 is 1.94 bits per heavy atom. The van der Waals surface area contributed by atoms with Crippen molar-refractivity contribution in [3.8, 4) is 0 Å². The van der Waals surface area contributed by atoms with Crippen LogP contribution in [0.3, 0.4) is 0 Å². The van der Waals surface area contributed by atoms with Crippen molar-refractivity contribution in [3.63, 3.8) is 0 Å². The Bertz CT molecular complexity index is 558. The van der Waals surface area contributed by atoms with Gasteiger partial charge in [0.15, 0.2) is 5.65 Å². The summed E-state index contributed by atoms with van der Waals surface area (Å²) in [6, 6.07) is 2.45. The third-order valence-corrected chi connectivity index (χ3v) is 2.05. The molecule has 0 radical (unpaired) electrons. The Labute approximate surface area is 88.6 Å². The van der Waals surface area contributed by atoms with Gasteiger partial charge in [0.25, 0.3) is 6.43 Å². The highest BCUT2D eigenvalue weighted by Crippen LogP contribution is 2.21. The van der Waals surface area contributed by atoms with Gasteiger partial charge in [-0.1, -0.05) is 0 Å². The minimum Gasteiger partial charge on any atom is -0.478 e. The molecule has 2 aromatic heterocycles. The molecule has 2 rings (SSSR count). The number of alkyl halides is 2. The van der Waals surface area contributed by atoms with Crippen molar-refractivity contribution in [1.29, 1.82) is 0 Å². The molecule has 6 heteroatoms. The lowest BCUT2D eigenvalue weighted by atomic mass is 10.2. The lowest BCUT2D eigenvalue weighted by Crippen LogP contribution is -1.98. The summed E-state index contributed by atoms with van der Waals surface area (Å²) in [5.74, 6) is -1.16. The zero-order chi connectivity index (χ0) is 11.7. The molecule has 82 valence electrons. The van der Waals surface area contributed by atoms with Crippen LogP contribution in [0.25, 0.3) is 11.0 Å². The summed E-state index contributed by atoms with van der Waals surface area (Å²) in [7, 11) is 0. The smallest absolute Gasteiger partial charge is 0.337 e. The first-order valence-corrected chi connectivity index (χ1v) is 4.35. The fourth-order valence-electron chi connectivity index (χ4n) is 1.28. The normalized spacial score (nSPS) is 10.9. The van der Waals surface area contributed by atoms with Crippen molar-refractivity contribution >= 4 is 17.0 Å². The molecule has 0 amide bonds. The number of aromatic carboxylic acids is 1. The largest absolute Gasteiger partial charge is 0.478 e. The van der Waals surface area contributed by atoms with Gasteiger partial charge < -0.3 is 5.11 Å². The van der Waals surface area contributed by atoms with Gasteiger partial charge in [0.2, 0.25) is 0 Å². The number of nitrogens with zero attached hydrogens (tertiary/aromatic N) is 2. The first-order chi connectivity index (χ1) is 7.58. The van der Waals surface area contributed by atoms with E-state index in [1.54, 1.807) is 0 Å². The first-order valence-electron chi connectivity index (χ1n) is 4.35. The number of hydrogen-bond acceptors (Lipinski definition) is 3. The van der Waals surface area contributed by atoms with Crippen LogP contribution in [0, 0.1) is 0 Å². The van der Waals surface area contributed by atoms with Crippen molar-refractivity contribution in [2.24, 2.45) is 0 Å². The molecule has 0 saturated heterocycles. The Morgan fingerprint density at radius 3 is 2.56 bits per heavy atom. The summed E-state index contributed by atoms with van der Waals surface area (Å²) >= 11 is 0. The van der Waals surface area contributed by atoms with Crippen LogP contribution >= 0.6 is 0 Å². The van der Waals surface area contributed by atoms with E-state index < -0.39 is 12.4 Å². The second kappa shape index (κ2) is 3.80. The maximum atomic E-state index is 12.4. The van der Waals surface area contributed by atoms with Gasteiger partial charge in [-0.2, -0.15) is 0 Å². The number of carboxylic acid groups (broad SMARTS) is 1. The number of hydrogen-bond donors (Lipinski definition) is 1. The SMILES string of the molecule is O=C(O)c1cnc2ncc(C(F)F)cc2c1. The van der Waals surface area contributed by atoms with E-state index in [1.807, 2.05) is 0 Å². The molecular weight excluding hydrogens is 218 g/mol. The van der Waals surface area contributed by atoms with E-state index in [2.05, 4.69) is 9.97 Å². The zero-order valence-corrected chi connectivity index (χ0v) is 7.89. The van der Waals surface area contributed by atoms with Crippen molar-refractivity contribution in [1.82, 2.24) is 9.97 Å². The molecule has 0 spiro atoms. The first kappa shape index (κ1) is 10.4.